The fourth-order valence-corrected chi connectivity index (χ4v) is 4.24. The number of anilines is 4. The first kappa shape index (κ1) is 30.9. The Morgan fingerprint density at radius 3 is 2.28 bits per heavy atom. The lowest BCUT2D eigenvalue weighted by Gasteiger charge is -2.24. The molecule has 0 spiro atoms. The van der Waals surface area contributed by atoms with Gasteiger partial charge in [0, 0.05) is 36.6 Å². The molecule has 1 heterocycles. The molecule has 0 fully saturated rings. The van der Waals surface area contributed by atoms with Crippen LogP contribution < -0.4 is 33.9 Å². The minimum atomic E-state index is -0.675. The van der Waals surface area contributed by atoms with Gasteiger partial charge in [-0.05, 0) is 63.3 Å². The lowest BCUT2D eigenvalue weighted by molar-refractivity contribution is 0.209. The molecule has 0 unspecified atom stereocenters. The van der Waals surface area contributed by atoms with Gasteiger partial charge < -0.3 is 33.9 Å². The van der Waals surface area contributed by atoms with Crippen LogP contribution in [0.3, 0.4) is 0 Å². The molecule has 0 aliphatic carbocycles. The third kappa shape index (κ3) is 7.63. The molecule has 4 aromatic rings. The molecule has 0 aliphatic rings. The smallest absolute Gasteiger partial charge is 0.425 e. The van der Waals surface area contributed by atoms with E-state index in [0.29, 0.717) is 46.7 Å². The highest BCUT2D eigenvalue weighted by molar-refractivity contribution is 5.98. The summed E-state index contributed by atoms with van der Waals surface area (Å²) in [6, 6.07) is 17.9. The number of likely N-dealkylation sites (N-methyl/N-ethyl adjacent to an activating group) is 1. The largest absolute Gasteiger partial charge is 0.497 e. The Balaban J connectivity index is 1.68. The Kier molecular flexibility index (Phi) is 10.2. The van der Waals surface area contributed by atoms with Crippen LogP contribution in [0.15, 0.2) is 66.9 Å². The number of para-hydroxylation sites is 1. The van der Waals surface area contributed by atoms with Crippen LogP contribution in [0.25, 0.3) is 0 Å². The zero-order valence-electron chi connectivity index (χ0n) is 25.5. The van der Waals surface area contributed by atoms with Crippen molar-refractivity contribution in [1.29, 1.82) is 0 Å². The van der Waals surface area contributed by atoms with Crippen LogP contribution >= 0.6 is 0 Å². The zero-order valence-corrected chi connectivity index (χ0v) is 25.5. The quantitative estimate of drug-likeness (QED) is 0.208. The Morgan fingerprint density at radius 2 is 1.60 bits per heavy atom. The highest BCUT2D eigenvalue weighted by Crippen LogP contribution is 2.38. The molecule has 0 saturated carbocycles. The van der Waals surface area contributed by atoms with Gasteiger partial charge in [0.1, 0.15) is 29.7 Å². The lowest BCUT2D eigenvalue weighted by Crippen LogP contribution is -2.31. The molecule has 1 aromatic heterocycles. The number of nitrogens with one attached hydrogen (secondary N) is 1. The molecule has 1 amide bonds. The second kappa shape index (κ2) is 14.2. The number of carbonyl (C=O) groups is 1. The molecule has 226 valence electrons. The second-order valence-electron chi connectivity index (χ2n) is 9.84. The molecule has 0 bridgehead atoms. The summed E-state index contributed by atoms with van der Waals surface area (Å²) in [4.78, 5) is 26.3. The van der Waals surface area contributed by atoms with Crippen LogP contribution in [0.5, 0.6) is 28.7 Å². The summed E-state index contributed by atoms with van der Waals surface area (Å²) < 4.78 is 28.3. The van der Waals surface area contributed by atoms with Gasteiger partial charge in [-0.2, -0.15) is 4.98 Å². The van der Waals surface area contributed by atoms with E-state index >= 15 is 0 Å². The average molecular weight is 588 g/mol. The van der Waals surface area contributed by atoms with E-state index in [0.717, 1.165) is 17.7 Å². The number of nitrogens with zero attached hydrogens (tertiary/aromatic N) is 4. The van der Waals surface area contributed by atoms with Crippen molar-refractivity contribution in [2.75, 3.05) is 58.8 Å². The third-order valence-corrected chi connectivity index (χ3v) is 6.49. The fraction of sp³-hybridized carbons (Fsp3) is 0.281. The van der Waals surface area contributed by atoms with E-state index in [1.54, 1.807) is 50.7 Å². The summed E-state index contributed by atoms with van der Waals surface area (Å²) in [5.74, 6) is 3.11. The van der Waals surface area contributed by atoms with E-state index in [1.807, 2.05) is 63.2 Å². The summed E-state index contributed by atoms with van der Waals surface area (Å²) in [7, 11) is 8.62. The lowest BCUT2D eigenvalue weighted by atomic mass is 10.1. The zero-order chi connectivity index (χ0) is 30.9. The molecular weight excluding hydrogens is 550 g/mol. The van der Waals surface area contributed by atoms with E-state index in [9.17, 15) is 4.79 Å². The van der Waals surface area contributed by atoms with Crippen molar-refractivity contribution in [2.45, 2.75) is 13.8 Å². The van der Waals surface area contributed by atoms with Crippen molar-refractivity contribution in [2.24, 2.45) is 0 Å². The van der Waals surface area contributed by atoms with Crippen molar-refractivity contribution < 1.29 is 28.5 Å². The van der Waals surface area contributed by atoms with E-state index in [1.165, 1.54) is 12.0 Å². The predicted octanol–water partition coefficient (Wildman–Crippen LogP) is 6.14. The normalized spacial score (nSPS) is 10.7. The number of amides is 1. The Morgan fingerprint density at radius 1 is 0.860 bits per heavy atom. The van der Waals surface area contributed by atoms with Gasteiger partial charge in [-0.1, -0.05) is 18.2 Å². The standard InChI is InChI=1S/C32H37N5O6/c1-21-9-8-10-22(2)30(21)43-32(38)37(25-13-12-24(39-5)20-27(25)40-6)29-15-16-33-31(35-29)34-23-11-14-26(28(19-23)41-7)42-18-17-36(3)4/h8-16,19-20H,17-18H2,1-7H3,(H,33,34,35). The topological polar surface area (TPSA) is 108 Å². The molecule has 0 radical (unpaired) electrons. The monoisotopic (exact) mass is 587 g/mol. The molecular formula is C32H37N5O6. The summed E-state index contributed by atoms with van der Waals surface area (Å²) in [6.45, 7) is 5.05. The van der Waals surface area contributed by atoms with E-state index in [-0.39, 0.29) is 11.8 Å². The minimum Gasteiger partial charge on any atom is -0.497 e. The van der Waals surface area contributed by atoms with Gasteiger partial charge in [0.15, 0.2) is 11.5 Å². The van der Waals surface area contributed by atoms with Gasteiger partial charge in [-0.3, -0.25) is 0 Å². The van der Waals surface area contributed by atoms with Gasteiger partial charge in [-0.25, -0.2) is 14.7 Å². The first-order chi connectivity index (χ1) is 20.7. The van der Waals surface area contributed by atoms with Gasteiger partial charge in [0.05, 0.1) is 27.0 Å². The number of rotatable bonds is 12. The number of hydrogen-bond acceptors (Lipinski definition) is 10. The number of hydrogen-bond donors (Lipinski definition) is 1. The fourth-order valence-electron chi connectivity index (χ4n) is 4.24. The summed E-state index contributed by atoms with van der Waals surface area (Å²) in [6.07, 6.45) is 0.877. The van der Waals surface area contributed by atoms with Gasteiger partial charge in [0.25, 0.3) is 0 Å². The molecule has 4 rings (SSSR count). The van der Waals surface area contributed by atoms with Crippen molar-refractivity contribution in [3.63, 3.8) is 0 Å². The second-order valence-corrected chi connectivity index (χ2v) is 9.84. The maximum absolute atomic E-state index is 13.9. The summed E-state index contributed by atoms with van der Waals surface area (Å²) >= 11 is 0. The van der Waals surface area contributed by atoms with Gasteiger partial charge >= 0.3 is 6.09 Å². The van der Waals surface area contributed by atoms with Crippen LogP contribution in [-0.4, -0.2) is 69.5 Å². The number of carbonyl (C=O) groups excluding carboxylic acids is 1. The van der Waals surface area contributed by atoms with Crippen LogP contribution in [-0.2, 0) is 0 Å². The third-order valence-electron chi connectivity index (χ3n) is 6.49. The SMILES string of the molecule is COc1ccc(N(C(=O)Oc2c(C)cccc2C)c2ccnc(Nc3ccc(OCCN(C)C)c(OC)c3)n2)c(OC)c1. The van der Waals surface area contributed by atoms with Crippen LogP contribution in [0.4, 0.5) is 27.9 Å². The number of aromatic nitrogens is 2. The number of benzene rings is 3. The maximum Gasteiger partial charge on any atom is 0.425 e. The Bertz CT molecular complexity index is 1540. The highest BCUT2D eigenvalue weighted by Gasteiger charge is 2.27. The highest BCUT2D eigenvalue weighted by atomic mass is 16.6. The average Bonchev–Trinajstić information content (AvgIpc) is 3.00. The van der Waals surface area contributed by atoms with Crippen molar-refractivity contribution in [1.82, 2.24) is 14.9 Å². The summed E-state index contributed by atoms with van der Waals surface area (Å²) in [5, 5.41) is 3.18. The van der Waals surface area contributed by atoms with Crippen LogP contribution in [0, 0.1) is 13.8 Å². The van der Waals surface area contributed by atoms with E-state index < -0.39 is 6.09 Å². The van der Waals surface area contributed by atoms with Crippen molar-refractivity contribution in [3.05, 3.63) is 78.0 Å². The molecule has 43 heavy (non-hydrogen) atoms. The first-order valence-electron chi connectivity index (χ1n) is 13.6. The number of ether oxygens (including phenoxy) is 5. The molecule has 11 heteroatoms. The van der Waals surface area contributed by atoms with Gasteiger partial charge in [-0.15, -0.1) is 0 Å². The molecule has 11 nitrogen and oxygen atoms in total. The maximum atomic E-state index is 13.9. The Hall–Kier alpha value is -5.03. The van der Waals surface area contributed by atoms with Crippen LogP contribution in [0.1, 0.15) is 11.1 Å². The summed E-state index contributed by atoms with van der Waals surface area (Å²) in [5.41, 5.74) is 2.72. The van der Waals surface area contributed by atoms with E-state index in [2.05, 4.69) is 15.3 Å². The number of aryl methyl sites for hydroxylation is 2. The Labute approximate surface area is 251 Å². The van der Waals surface area contributed by atoms with Crippen molar-refractivity contribution in [3.8, 4) is 28.7 Å². The van der Waals surface area contributed by atoms with Crippen LogP contribution in [0.2, 0.25) is 0 Å². The molecule has 0 aliphatic heterocycles. The minimum absolute atomic E-state index is 0.248. The number of methoxy groups -OCH3 is 3. The first-order valence-corrected chi connectivity index (χ1v) is 13.6. The molecule has 3 aromatic carbocycles. The van der Waals surface area contributed by atoms with Crippen molar-refractivity contribution >= 4 is 29.2 Å². The molecule has 0 saturated heterocycles. The van der Waals surface area contributed by atoms with E-state index in [4.69, 9.17) is 23.7 Å². The molecule has 1 N–H and O–H groups in total. The predicted molar refractivity (Wildman–Crippen MR) is 166 cm³/mol. The van der Waals surface area contributed by atoms with Gasteiger partial charge in [0.2, 0.25) is 5.95 Å². The molecule has 0 atom stereocenters.